The van der Waals surface area contributed by atoms with Crippen LogP contribution in [0.25, 0.3) is 0 Å². The summed E-state index contributed by atoms with van der Waals surface area (Å²) in [5.41, 5.74) is 0.211. The van der Waals surface area contributed by atoms with Gasteiger partial charge in [-0.2, -0.15) is 9.97 Å². The molecule has 0 aliphatic carbocycles. The lowest BCUT2D eigenvalue weighted by Crippen LogP contribution is -2.26. The van der Waals surface area contributed by atoms with E-state index in [4.69, 9.17) is 9.47 Å². The molecule has 2 heterocycles. The highest BCUT2D eigenvalue weighted by atomic mass is 16.5. The van der Waals surface area contributed by atoms with Crippen molar-refractivity contribution < 1.29 is 14.3 Å². The molecule has 1 N–H and O–H groups in total. The van der Waals surface area contributed by atoms with Crippen molar-refractivity contribution in [1.29, 1.82) is 0 Å². The third-order valence-corrected chi connectivity index (χ3v) is 3.09. The SMILES string of the molecule is COc1cc(C(=O)NCCCn2ccnc2C)nc(OC)n1. The minimum Gasteiger partial charge on any atom is -0.481 e. The first-order valence-electron chi connectivity index (χ1n) is 6.87. The van der Waals surface area contributed by atoms with E-state index in [1.165, 1.54) is 20.3 Å². The largest absolute Gasteiger partial charge is 0.481 e. The number of nitrogens with zero attached hydrogens (tertiary/aromatic N) is 4. The smallest absolute Gasteiger partial charge is 0.320 e. The van der Waals surface area contributed by atoms with E-state index >= 15 is 0 Å². The summed E-state index contributed by atoms with van der Waals surface area (Å²) in [6.45, 7) is 3.27. The molecule has 8 heteroatoms. The summed E-state index contributed by atoms with van der Waals surface area (Å²) in [5, 5.41) is 2.81. The number of imidazole rings is 1. The van der Waals surface area contributed by atoms with Gasteiger partial charge in [-0.1, -0.05) is 0 Å². The second kappa shape index (κ2) is 7.39. The van der Waals surface area contributed by atoms with Crippen molar-refractivity contribution in [3.8, 4) is 11.9 Å². The van der Waals surface area contributed by atoms with Crippen LogP contribution in [0.2, 0.25) is 0 Å². The monoisotopic (exact) mass is 305 g/mol. The van der Waals surface area contributed by atoms with Crippen molar-refractivity contribution in [1.82, 2.24) is 24.8 Å². The zero-order chi connectivity index (χ0) is 15.9. The maximum atomic E-state index is 12.1. The first-order valence-corrected chi connectivity index (χ1v) is 6.87. The lowest BCUT2D eigenvalue weighted by molar-refractivity contribution is 0.0946. The van der Waals surface area contributed by atoms with Crippen molar-refractivity contribution in [3.05, 3.63) is 30.0 Å². The van der Waals surface area contributed by atoms with Crippen LogP contribution in [0.5, 0.6) is 11.9 Å². The number of carbonyl (C=O) groups excluding carboxylic acids is 1. The molecule has 0 unspecified atom stereocenters. The predicted molar refractivity (Wildman–Crippen MR) is 79.1 cm³/mol. The van der Waals surface area contributed by atoms with E-state index < -0.39 is 0 Å². The highest BCUT2D eigenvalue weighted by Crippen LogP contribution is 2.13. The number of hydrogen-bond donors (Lipinski definition) is 1. The number of aryl methyl sites for hydroxylation is 2. The third-order valence-electron chi connectivity index (χ3n) is 3.09. The second-order valence-corrected chi connectivity index (χ2v) is 4.56. The molecule has 0 bridgehead atoms. The number of nitrogens with one attached hydrogen (secondary N) is 1. The van der Waals surface area contributed by atoms with Crippen molar-refractivity contribution in [3.63, 3.8) is 0 Å². The predicted octanol–water partition coefficient (Wildman–Crippen LogP) is 0.819. The average molecular weight is 305 g/mol. The molecular formula is C14H19N5O3. The van der Waals surface area contributed by atoms with Gasteiger partial charge in [-0.3, -0.25) is 4.79 Å². The highest BCUT2D eigenvalue weighted by molar-refractivity contribution is 5.92. The summed E-state index contributed by atoms with van der Waals surface area (Å²) in [6.07, 6.45) is 4.47. The normalized spacial score (nSPS) is 10.3. The van der Waals surface area contributed by atoms with Crippen LogP contribution >= 0.6 is 0 Å². The molecular weight excluding hydrogens is 286 g/mol. The molecule has 2 rings (SSSR count). The lowest BCUT2D eigenvalue weighted by atomic mass is 10.3. The number of methoxy groups -OCH3 is 2. The Morgan fingerprint density at radius 3 is 2.77 bits per heavy atom. The summed E-state index contributed by atoms with van der Waals surface area (Å²) < 4.78 is 12.0. The molecule has 0 aliphatic rings. The van der Waals surface area contributed by atoms with Crippen LogP contribution in [-0.2, 0) is 6.54 Å². The van der Waals surface area contributed by atoms with Gasteiger partial charge >= 0.3 is 6.01 Å². The number of rotatable bonds is 7. The Kier molecular flexibility index (Phi) is 5.29. The van der Waals surface area contributed by atoms with Gasteiger partial charge in [-0.25, -0.2) is 4.98 Å². The van der Waals surface area contributed by atoms with E-state index in [1.807, 2.05) is 17.7 Å². The minimum atomic E-state index is -0.290. The number of amides is 1. The molecule has 0 aromatic carbocycles. The first kappa shape index (κ1) is 15.7. The first-order chi connectivity index (χ1) is 10.6. The van der Waals surface area contributed by atoms with Gasteiger partial charge in [-0.15, -0.1) is 0 Å². The summed E-state index contributed by atoms with van der Waals surface area (Å²) in [6, 6.07) is 1.57. The molecule has 1 amide bonds. The van der Waals surface area contributed by atoms with E-state index in [0.717, 1.165) is 18.8 Å². The summed E-state index contributed by atoms with van der Waals surface area (Å²) in [4.78, 5) is 24.2. The van der Waals surface area contributed by atoms with Crippen LogP contribution in [0, 0.1) is 6.92 Å². The summed E-state index contributed by atoms with van der Waals surface area (Å²) >= 11 is 0. The molecule has 8 nitrogen and oxygen atoms in total. The van der Waals surface area contributed by atoms with Crippen LogP contribution in [0.4, 0.5) is 0 Å². The number of hydrogen-bond acceptors (Lipinski definition) is 6. The number of carbonyl (C=O) groups is 1. The molecule has 118 valence electrons. The summed E-state index contributed by atoms with van der Waals surface area (Å²) in [7, 11) is 2.90. The molecule has 2 aromatic heterocycles. The second-order valence-electron chi connectivity index (χ2n) is 4.56. The van der Waals surface area contributed by atoms with Crippen LogP contribution in [-0.4, -0.2) is 46.2 Å². The van der Waals surface area contributed by atoms with Crippen molar-refractivity contribution in [2.45, 2.75) is 19.9 Å². The Morgan fingerprint density at radius 2 is 2.14 bits per heavy atom. The van der Waals surface area contributed by atoms with Crippen LogP contribution in [0.1, 0.15) is 22.7 Å². The van der Waals surface area contributed by atoms with Crippen LogP contribution in [0.15, 0.2) is 18.5 Å². The molecule has 2 aromatic rings. The van der Waals surface area contributed by atoms with Gasteiger partial charge in [0.25, 0.3) is 5.91 Å². The van der Waals surface area contributed by atoms with E-state index in [9.17, 15) is 4.79 Å². The Bertz CT molecular complexity index is 619. The average Bonchev–Trinajstić information content (AvgIpc) is 2.95. The molecule has 0 fully saturated rings. The molecule has 0 aliphatic heterocycles. The fourth-order valence-electron chi connectivity index (χ4n) is 1.90. The van der Waals surface area contributed by atoms with Crippen LogP contribution in [0.3, 0.4) is 0 Å². The molecule has 0 radical (unpaired) electrons. The summed E-state index contributed by atoms with van der Waals surface area (Å²) in [5.74, 6) is 0.948. The van der Waals surface area contributed by atoms with Crippen LogP contribution < -0.4 is 14.8 Å². The van der Waals surface area contributed by atoms with Crippen molar-refractivity contribution in [2.24, 2.45) is 0 Å². The Balaban J connectivity index is 1.88. The Morgan fingerprint density at radius 1 is 1.32 bits per heavy atom. The fourth-order valence-corrected chi connectivity index (χ4v) is 1.90. The standard InChI is InChI=1S/C14H19N5O3/c1-10-15-6-8-19(10)7-4-5-16-13(20)11-9-12(21-2)18-14(17-11)22-3/h6,8-9H,4-5,7H2,1-3H3,(H,16,20). The molecule has 0 saturated heterocycles. The van der Waals surface area contributed by atoms with Gasteiger partial charge in [-0.05, 0) is 13.3 Å². The van der Waals surface area contributed by atoms with Gasteiger partial charge in [0.05, 0.1) is 14.2 Å². The lowest BCUT2D eigenvalue weighted by Gasteiger charge is -2.08. The van der Waals surface area contributed by atoms with E-state index in [1.54, 1.807) is 6.20 Å². The molecule has 0 spiro atoms. The van der Waals surface area contributed by atoms with E-state index in [-0.39, 0.29) is 23.5 Å². The zero-order valence-electron chi connectivity index (χ0n) is 12.9. The highest BCUT2D eigenvalue weighted by Gasteiger charge is 2.12. The molecule has 0 atom stereocenters. The maximum Gasteiger partial charge on any atom is 0.320 e. The maximum absolute atomic E-state index is 12.1. The van der Waals surface area contributed by atoms with Crippen molar-refractivity contribution in [2.75, 3.05) is 20.8 Å². The Labute approximate surface area is 128 Å². The van der Waals surface area contributed by atoms with Gasteiger partial charge in [0, 0.05) is 31.5 Å². The molecule has 22 heavy (non-hydrogen) atoms. The van der Waals surface area contributed by atoms with E-state index in [2.05, 4.69) is 20.3 Å². The quantitative estimate of drug-likeness (QED) is 0.762. The molecule has 0 saturated carbocycles. The van der Waals surface area contributed by atoms with Gasteiger partial charge in [0.1, 0.15) is 11.5 Å². The van der Waals surface area contributed by atoms with Crippen molar-refractivity contribution >= 4 is 5.91 Å². The van der Waals surface area contributed by atoms with Gasteiger partial charge < -0.3 is 19.4 Å². The number of ether oxygens (including phenoxy) is 2. The van der Waals surface area contributed by atoms with E-state index in [0.29, 0.717) is 6.54 Å². The zero-order valence-corrected chi connectivity index (χ0v) is 12.9. The Hall–Kier alpha value is -2.64. The number of aromatic nitrogens is 4. The topological polar surface area (TPSA) is 91.2 Å². The fraction of sp³-hybridized carbons (Fsp3) is 0.429. The van der Waals surface area contributed by atoms with Gasteiger partial charge in [0.2, 0.25) is 5.88 Å². The third kappa shape index (κ3) is 3.94. The minimum absolute atomic E-state index is 0.0959. The van der Waals surface area contributed by atoms with Gasteiger partial charge in [0.15, 0.2) is 0 Å².